The monoisotopic (exact) mass is 287 g/mol. The number of amides is 1. The van der Waals surface area contributed by atoms with Gasteiger partial charge in [-0.2, -0.15) is 5.10 Å². The van der Waals surface area contributed by atoms with Crippen molar-refractivity contribution in [2.24, 2.45) is 7.05 Å². The molecule has 0 bridgehead atoms. The number of carbonyl (C=O) groups excluding carboxylic acids is 1. The summed E-state index contributed by atoms with van der Waals surface area (Å²) in [6.45, 7) is 7.83. The van der Waals surface area contributed by atoms with Crippen LogP contribution in [0.2, 0.25) is 0 Å². The Labute approximate surface area is 124 Å². The summed E-state index contributed by atoms with van der Waals surface area (Å²) in [7, 11) is 1.85. The van der Waals surface area contributed by atoms with E-state index >= 15 is 0 Å². The summed E-state index contributed by atoms with van der Waals surface area (Å²) in [5.74, 6) is 0.514. The van der Waals surface area contributed by atoms with E-state index in [0.717, 1.165) is 22.6 Å². The van der Waals surface area contributed by atoms with Gasteiger partial charge in [-0.1, -0.05) is 6.07 Å². The van der Waals surface area contributed by atoms with Crippen LogP contribution in [0.3, 0.4) is 0 Å². The smallest absolute Gasteiger partial charge is 0.262 e. The van der Waals surface area contributed by atoms with Crippen molar-refractivity contribution in [3.8, 4) is 5.75 Å². The molecular weight excluding hydrogens is 266 g/mol. The number of ether oxygens (including phenoxy) is 1. The molecule has 0 aliphatic carbocycles. The average Bonchev–Trinajstić information content (AvgIpc) is 2.67. The zero-order chi connectivity index (χ0) is 15.6. The van der Waals surface area contributed by atoms with Gasteiger partial charge in [0.25, 0.3) is 5.91 Å². The maximum absolute atomic E-state index is 12.0. The standard InChI is InChI=1S/C16H21N3O2/c1-10-6-7-14(8-11(10)2)21-9-15(20)17-16-12(3)18-19(5)13(16)4/h6-8H,9H2,1-5H3,(H,17,20). The largest absolute Gasteiger partial charge is 0.484 e. The Morgan fingerprint density at radius 2 is 1.95 bits per heavy atom. The number of hydrogen-bond donors (Lipinski definition) is 1. The van der Waals surface area contributed by atoms with Crippen molar-refractivity contribution >= 4 is 11.6 Å². The van der Waals surface area contributed by atoms with Crippen molar-refractivity contribution < 1.29 is 9.53 Å². The molecule has 0 saturated heterocycles. The second kappa shape index (κ2) is 5.99. The number of benzene rings is 1. The second-order valence-corrected chi connectivity index (χ2v) is 5.25. The molecular formula is C16H21N3O2. The molecule has 1 aromatic carbocycles. The van der Waals surface area contributed by atoms with Gasteiger partial charge >= 0.3 is 0 Å². The van der Waals surface area contributed by atoms with Crippen LogP contribution in [0.25, 0.3) is 0 Å². The van der Waals surface area contributed by atoms with Gasteiger partial charge in [0.05, 0.1) is 17.1 Å². The predicted molar refractivity (Wildman–Crippen MR) is 82.7 cm³/mol. The fourth-order valence-electron chi connectivity index (χ4n) is 2.08. The first-order valence-electron chi connectivity index (χ1n) is 6.88. The Morgan fingerprint density at radius 3 is 2.52 bits per heavy atom. The summed E-state index contributed by atoms with van der Waals surface area (Å²) >= 11 is 0. The second-order valence-electron chi connectivity index (χ2n) is 5.25. The highest BCUT2D eigenvalue weighted by Gasteiger charge is 2.12. The molecule has 0 fully saturated rings. The summed E-state index contributed by atoms with van der Waals surface area (Å²) < 4.78 is 7.27. The summed E-state index contributed by atoms with van der Waals surface area (Å²) in [6.07, 6.45) is 0. The molecule has 5 nitrogen and oxygen atoms in total. The van der Waals surface area contributed by atoms with Crippen LogP contribution in [-0.2, 0) is 11.8 Å². The molecule has 1 aromatic heterocycles. The normalized spacial score (nSPS) is 10.5. The van der Waals surface area contributed by atoms with E-state index in [1.165, 1.54) is 5.56 Å². The van der Waals surface area contributed by atoms with Crippen molar-refractivity contribution in [1.82, 2.24) is 9.78 Å². The van der Waals surface area contributed by atoms with Crippen LogP contribution in [0.1, 0.15) is 22.5 Å². The Balaban J connectivity index is 1.97. The molecule has 5 heteroatoms. The minimum Gasteiger partial charge on any atom is -0.484 e. The van der Waals surface area contributed by atoms with Crippen molar-refractivity contribution in [2.75, 3.05) is 11.9 Å². The quantitative estimate of drug-likeness (QED) is 0.940. The number of rotatable bonds is 4. The van der Waals surface area contributed by atoms with E-state index in [1.54, 1.807) is 4.68 Å². The lowest BCUT2D eigenvalue weighted by Crippen LogP contribution is -2.21. The minimum atomic E-state index is -0.188. The number of nitrogens with one attached hydrogen (secondary N) is 1. The Morgan fingerprint density at radius 1 is 1.24 bits per heavy atom. The van der Waals surface area contributed by atoms with E-state index in [2.05, 4.69) is 10.4 Å². The van der Waals surface area contributed by atoms with Crippen LogP contribution in [0, 0.1) is 27.7 Å². The SMILES string of the molecule is Cc1ccc(OCC(=O)Nc2c(C)nn(C)c2C)cc1C. The summed E-state index contributed by atoms with van der Waals surface area (Å²) in [5.41, 5.74) is 4.83. The molecule has 0 atom stereocenters. The Kier molecular flexibility index (Phi) is 4.31. The van der Waals surface area contributed by atoms with Crippen LogP contribution < -0.4 is 10.1 Å². The molecule has 0 aliphatic rings. The molecule has 0 radical (unpaired) electrons. The highest BCUT2D eigenvalue weighted by Crippen LogP contribution is 2.19. The number of carbonyl (C=O) groups is 1. The molecule has 1 N–H and O–H groups in total. The fourth-order valence-corrected chi connectivity index (χ4v) is 2.08. The molecule has 21 heavy (non-hydrogen) atoms. The van der Waals surface area contributed by atoms with Gasteiger partial charge in [-0.25, -0.2) is 0 Å². The van der Waals surface area contributed by atoms with E-state index < -0.39 is 0 Å². The van der Waals surface area contributed by atoms with Crippen molar-refractivity contribution in [2.45, 2.75) is 27.7 Å². The number of nitrogens with zero attached hydrogens (tertiary/aromatic N) is 2. The molecule has 0 aliphatic heterocycles. The number of anilines is 1. The van der Waals surface area contributed by atoms with Gasteiger partial charge < -0.3 is 10.1 Å². The fraction of sp³-hybridized carbons (Fsp3) is 0.375. The molecule has 112 valence electrons. The first kappa shape index (κ1) is 15.1. The Bertz CT molecular complexity index is 674. The summed E-state index contributed by atoms with van der Waals surface area (Å²) in [6, 6.07) is 5.79. The summed E-state index contributed by atoms with van der Waals surface area (Å²) in [4.78, 5) is 12.0. The third-order valence-corrected chi connectivity index (χ3v) is 3.62. The molecule has 1 amide bonds. The summed E-state index contributed by atoms with van der Waals surface area (Å²) in [5, 5.41) is 7.11. The number of aromatic nitrogens is 2. The average molecular weight is 287 g/mol. The predicted octanol–water partition coefficient (Wildman–Crippen LogP) is 2.67. The maximum atomic E-state index is 12.0. The van der Waals surface area contributed by atoms with Crippen LogP contribution >= 0.6 is 0 Å². The maximum Gasteiger partial charge on any atom is 0.262 e. The first-order chi connectivity index (χ1) is 9.88. The van der Waals surface area contributed by atoms with Crippen LogP contribution in [0.15, 0.2) is 18.2 Å². The lowest BCUT2D eigenvalue weighted by molar-refractivity contribution is -0.118. The Hall–Kier alpha value is -2.30. The third-order valence-electron chi connectivity index (χ3n) is 3.62. The molecule has 2 aromatic rings. The van der Waals surface area contributed by atoms with Gasteiger partial charge in [0.15, 0.2) is 6.61 Å². The van der Waals surface area contributed by atoms with Gasteiger partial charge in [-0.05, 0) is 51.0 Å². The first-order valence-corrected chi connectivity index (χ1v) is 6.88. The van der Waals surface area contributed by atoms with Crippen LogP contribution in [-0.4, -0.2) is 22.3 Å². The topological polar surface area (TPSA) is 56.1 Å². The molecule has 2 rings (SSSR count). The van der Waals surface area contributed by atoms with Gasteiger partial charge in [0.2, 0.25) is 0 Å². The van der Waals surface area contributed by atoms with Gasteiger partial charge in [-0.3, -0.25) is 9.48 Å². The van der Waals surface area contributed by atoms with Crippen molar-refractivity contribution in [3.05, 3.63) is 40.7 Å². The van der Waals surface area contributed by atoms with E-state index in [-0.39, 0.29) is 12.5 Å². The van der Waals surface area contributed by atoms with Gasteiger partial charge in [-0.15, -0.1) is 0 Å². The molecule has 1 heterocycles. The van der Waals surface area contributed by atoms with E-state index in [9.17, 15) is 4.79 Å². The molecule has 0 saturated carbocycles. The minimum absolute atomic E-state index is 0.0176. The highest BCUT2D eigenvalue weighted by molar-refractivity contribution is 5.93. The van der Waals surface area contributed by atoms with E-state index in [0.29, 0.717) is 5.75 Å². The zero-order valence-electron chi connectivity index (χ0n) is 13.2. The van der Waals surface area contributed by atoms with E-state index in [4.69, 9.17) is 4.74 Å². The van der Waals surface area contributed by atoms with Crippen molar-refractivity contribution in [1.29, 1.82) is 0 Å². The van der Waals surface area contributed by atoms with Gasteiger partial charge in [0, 0.05) is 7.05 Å². The number of aryl methyl sites for hydroxylation is 4. The van der Waals surface area contributed by atoms with Crippen LogP contribution in [0.5, 0.6) is 5.75 Å². The lowest BCUT2D eigenvalue weighted by atomic mass is 10.1. The highest BCUT2D eigenvalue weighted by atomic mass is 16.5. The lowest BCUT2D eigenvalue weighted by Gasteiger charge is -2.09. The van der Waals surface area contributed by atoms with Gasteiger partial charge in [0.1, 0.15) is 5.75 Å². The zero-order valence-corrected chi connectivity index (χ0v) is 13.2. The number of hydrogen-bond acceptors (Lipinski definition) is 3. The van der Waals surface area contributed by atoms with E-state index in [1.807, 2.05) is 52.9 Å². The van der Waals surface area contributed by atoms with Crippen molar-refractivity contribution in [3.63, 3.8) is 0 Å². The molecule has 0 spiro atoms. The molecule has 0 unspecified atom stereocenters. The van der Waals surface area contributed by atoms with Crippen LogP contribution in [0.4, 0.5) is 5.69 Å². The third kappa shape index (κ3) is 3.42.